The minimum atomic E-state index is -0.879. The summed E-state index contributed by atoms with van der Waals surface area (Å²) in [4.78, 5) is 41.4. The molecule has 2 N–H and O–H groups in total. The molecule has 4 rings (SSSR count). The van der Waals surface area contributed by atoms with Gasteiger partial charge in [-0.05, 0) is 43.5 Å². The third-order valence-corrected chi connectivity index (χ3v) is 6.42. The van der Waals surface area contributed by atoms with Crippen molar-refractivity contribution in [1.29, 1.82) is 0 Å². The van der Waals surface area contributed by atoms with Crippen molar-refractivity contribution in [2.75, 3.05) is 12.4 Å². The molecular formula is C25H29N3O4. The number of anilines is 1. The van der Waals surface area contributed by atoms with Crippen molar-refractivity contribution in [2.24, 2.45) is 0 Å². The average Bonchev–Trinajstić information content (AvgIpc) is 2.80. The number of hydrogen-bond acceptors (Lipinski definition) is 4. The lowest BCUT2D eigenvalue weighted by atomic mass is 9.84. The van der Waals surface area contributed by atoms with Crippen molar-refractivity contribution >= 4 is 23.4 Å². The zero-order valence-electron chi connectivity index (χ0n) is 18.5. The van der Waals surface area contributed by atoms with Gasteiger partial charge in [0.25, 0.3) is 5.91 Å². The van der Waals surface area contributed by atoms with E-state index in [1.54, 1.807) is 29.2 Å². The van der Waals surface area contributed by atoms with E-state index in [0.717, 1.165) is 31.2 Å². The Balaban J connectivity index is 1.63. The standard InChI is InChI=1S/C25H29N3O4/c1-16-9-3-5-11-18(16)26-23(29)15-21-24(30)27-19-12-6-7-13-20(19)28(21)25(31)17-10-4-8-14-22(17)32-2/h3-5,8-11,14,19-21H,6-7,12-13,15H2,1-2H3,(H,26,29)(H,27,30)/t19-,20-,21+/m0/s1. The van der Waals surface area contributed by atoms with Crippen LogP contribution in [-0.4, -0.2) is 47.9 Å². The summed E-state index contributed by atoms with van der Waals surface area (Å²) in [5.41, 5.74) is 2.04. The maximum absolute atomic E-state index is 13.7. The summed E-state index contributed by atoms with van der Waals surface area (Å²) in [5, 5.41) is 5.96. The first kappa shape index (κ1) is 21.9. The number of para-hydroxylation sites is 2. The smallest absolute Gasteiger partial charge is 0.258 e. The molecule has 7 heteroatoms. The van der Waals surface area contributed by atoms with Crippen molar-refractivity contribution < 1.29 is 19.1 Å². The number of hydrogen-bond donors (Lipinski definition) is 2. The fourth-order valence-corrected chi connectivity index (χ4v) is 4.78. The first-order valence-corrected chi connectivity index (χ1v) is 11.1. The molecule has 2 fully saturated rings. The third-order valence-electron chi connectivity index (χ3n) is 6.42. The van der Waals surface area contributed by atoms with Crippen LogP contribution in [0.15, 0.2) is 48.5 Å². The predicted molar refractivity (Wildman–Crippen MR) is 122 cm³/mol. The number of rotatable bonds is 5. The van der Waals surface area contributed by atoms with E-state index in [9.17, 15) is 14.4 Å². The van der Waals surface area contributed by atoms with Crippen LogP contribution in [0.3, 0.4) is 0 Å². The molecule has 0 aromatic heterocycles. The van der Waals surface area contributed by atoms with E-state index in [1.165, 1.54) is 7.11 Å². The van der Waals surface area contributed by atoms with Gasteiger partial charge in [0, 0.05) is 11.7 Å². The second-order valence-electron chi connectivity index (χ2n) is 8.46. The van der Waals surface area contributed by atoms with E-state index >= 15 is 0 Å². The number of ether oxygens (including phenoxy) is 1. The third kappa shape index (κ3) is 4.33. The zero-order valence-corrected chi connectivity index (χ0v) is 18.5. The summed E-state index contributed by atoms with van der Waals surface area (Å²) in [5.74, 6) is -0.398. The number of benzene rings is 2. The van der Waals surface area contributed by atoms with E-state index in [-0.39, 0.29) is 36.2 Å². The van der Waals surface area contributed by atoms with E-state index in [2.05, 4.69) is 10.6 Å². The molecule has 1 saturated heterocycles. The summed E-state index contributed by atoms with van der Waals surface area (Å²) >= 11 is 0. The Kier molecular flexibility index (Phi) is 6.44. The minimum absolute atomic E-state index is 0.0920. The van der Waals surface area contributed by atoms with E-state index in [1.807, 2.05) is 31.2 Å². The number of fused-ring (bicyclic) bond motifs is 1. The number of carbonyl (C=O) groups excluding carboxylic acids is 3. The van der Waals surface area contributed by atoms with Crippen LogP contribution in [0.25, 0.3) is 0 Å². The molecular weight excluding hydrogens is 406 g/mol. The topological polar surface area (TPSA) is 87.7 Å². The first-order valence-electron chi connectivity index (χ1n) is 11.1. The highest BCUT2D eigenvalue weighted by atomic mass is 16.5. The Labute approximate surface area is 188 Å². The maximum Gasteiger partial charge on any atom is 0.258 e. The largest absolute Gasteiger partial charge is 0.496 e. The quantitative estimate of drug-likeness (QED) is 0.755. The Morgan fingerprint density at radius 2 is 1.81 bits per heavy atom. The highest BCUT2D eigenvalue weighted by Crippen LogP contribution is 2.32. The fourth-order valence-electron chi connectivity index (χ4n) is 4.78. The molecule has 0 radical (unpaired) electrons. The summed E-state index contributed by atoms with van der Waals surface area (Å²) in [6, 6.07) is 13.4. The monoisotopic (exact) mass is 435 g/mol. The van der Waals surface area contributed by atoms with Gasteiger partial charge in [-0.15, -0.1) is 0 Å². The molecule has 3 atom stereocenters. The van der Waals surface area contributed by atoms with Crippen LogP contribution >= 0.6 is 0 Å². The van der Waals surface area contributed by atoms with Crippen molar-refractivity contribution in [3.05, 3.63) is 59.7 Å². The molecule has 2 aromatic carbocycles. The molecule has 1 heterocycles. The fraction of sp³-hybridized carbons (Fsp3) is 0.400. The van der Waals surface area contributed by atoms with Crippen LogP contribution < -0.4 is 15.4 Å². The average molecular weight is 436 g/mol. The van der Waals surface area contributed by atoms with Crippen LogP contribution in [-0.2, 0) is 9.59 Å². The van der Waals surface area contributed by atoms with E-state index in [4.69, 9.17) is 4.74 Å². The highest BCUT2D eigenvalue weighted by molar-refractivity contribution is 6.03. The SMILES string of the molecule is COc1ccccc1C(=O)N1[C@H](CC(=O)Nc2ccccc2C)C(=O)N[C@H]2CCCC[C@@H]21. The molecule has 2 aromatic rings. The van der Waals surface area contributed by atoms with Crippen molar-refractivity contribution in [2.45, 2.75) is 57.2 Å². The number of methoxy groups -OCH3 is 1. The summed E-state index contributed by atoms with van der Waals surface area (Å²) in [6.07, 6.45) is 3.51. The Morgan fingerprint density at radius 3 is 2.59 bits per heavy atom. The molecule has 1 aliphatic heterocycles. The molecule has 2 aliphatic rings. The molecule has 1 saturated carbocycles. The molecule has 1 aliphatic carbocycles. The number of nitrogens with one attached hydrogen (secondary N) is 2. The molecule has 0 spiro atoms. The Morgan fingerprint density at radius 1 is 1.09 bits per heavy atom. The zero-order chi connectivity index (χ0) is 22.7. The van der Waals surface area contributed by atoms with Crippen LogP contribution in [0, 0.1) is 6.92 Å². The van der Waals surface area contributed by atoms with Crippen molar-refractivity contribution in [1.82, 2.24) is 10.2 Å². The van der Waals surface area contributed by atoms with Gasteiger partial charge in [0.05, 0.1) is 25.1 Å². The minimum Gasteiger partial charge on any atom is -0.496 e. The predicted octanol–water partition coefficient (Wildman–Crippen LogP) is 3.28. The van der Waals surface area contributed by atoms with Gasteiger partial charge in [-0.1, -0.05) is 43.2 Å². The van der Waals surface area contributed by atoms with E-state index < -0.39 is 6.04 Å². The van der Waals surface area contributed by atoms with Crippen molar-refractivity contribution in [3.63, 3.8) is 0 Å². The molecule has 32 heavy (non-hydrogen) atoms. The number of nitrogens with zero attached hydrogens (tertiary/aromatic N) is 1. The lowest BCUT2D eigenvalue weighted by Gasteiger charge is -2.48. The van der Waals surface area contributed by atoms with Crippen LogP contribution in [0.5, 0.6) is 5.75 Å². The molecule has 168 valence electrons. The number of piperazine rings is 1. The van der Waals surface area contributed by atoms with E-state index in [0.29, 0.717) is 17.0 Å². The van der Waals surface area contributed by atoms with Gasteiger partial charge in [-0.3, -0.25) is 14.4 Å². The van der Waals surface area contributed by atoms with Gasteiger partial charge >= 0.3 is 0 Å². The van der Waals surface area contributed by atoms with Gasteiger partial charge < -0.3 is 20.3 Å². The van der Waals surface area contributed by atoms with Gasteiger partial charge in [0.2, 0.25) is 11.8 Å². The summed E-state index contributed by atoms with van der Waals surface area (Å²) < 4.78 is 5.40. The highest BCUT2D eigenvalue weighted by Gasteiger charge is 2.46. The normalized spacial score (nSPS) is 22.5. The maximum atomic E-state index is 13.7. The molecule has 3 amide bonds. The van der Waals surface area contributed by atoms with Gasteiger partial charge in [0.15, 0.2) is 0 Å². The number of amides is 3. The first-order chi connectivity index (χ1) is 15.5. The number of carbonyl (C=O) groups is 3. The summed E-state index contributed by atoms with van der Waals surface area (Å²) in [7, 11) is 1.52. The lowest BCUT2D eigenvalue weighted by Crippen LogP contribution is -2.68. The van der Waals surface area contributed by atoms with Crippen LogP contribution in [0.1, 0.15) is 48.0 Å². The van der Waals surface area contributed by atoms with Gasteiger partial charge in [0.1, 0.15) is 11.8 Å². The van der Waals surface area contributed by atoms with Crippen molar-refractivity contribution in [3.8, 4) is 5.75 Å². The van der Waals surface area contributed by atoms with Gasteiger partial charge in [-0.25, -0.2) is 0 Å². The lowest BCUT2D eigenvalue weighted by molar-refractivity contribution is -0.135. The molecule has 0 unspecified atom stereocenters. The summed E-state index contributed by atoms with van der Waals surface area (Å²) in [6.45, 7) is 1.91. The Bertz CT molecular complexity index is 1020. The molecule has 0 bridgehead atoms. The van der Waals surface area contributed by atoms with Crippen LogP contribution in [0.2, 0.25) is 0 Å². The second-order valence-corrected chi connectivity index (χ2v) is 8.46. The Hall–Kier alpha value is -3.35. The van der Waals surface area contributed by atoms with Crippen LogP contribution in [0.4, 0.5) is 5.69 Å². The van der Waals surface area contributed by atoms with Gasteiger partial charge in [-0.2, -0.15) is 0 Å². The number of aryl methyl sites for hydroxylation is 1. The molecule has 7 nitrogen and oxygen atoms in total. The second kappa shape index (κ2) is 9.42.